The van der Waals surface area contributed by atoms with E-state index in [1.54, 1.807) is 4.90 Å². The molecule has 0 saturated heterocycles. The van der Waals surface area contributed by atoms with Crippen LogP contribution < -0.4 is 5.32 Å². The van der Waals surface area contributed by atoms with Crippen LogP contribution in [-0.2, 0) is 19.5 Å². The van der Waals surface area contributed by atoms with Crippen molar-refractivity contribution in [3.63, 3.8) is 0 Å². The van der Waals surface area contributed by atoms with E-state index in [1.165, 1.54) is 5.56 Å². The fraction of sp³-hybridized carbons (Fsp3) is 0.500. The zero-order valence-electron chi connectivity index (χ0n) is 15.2. The maximum atomic E-state index is 12.4. The first-order valence-electron chi connectivity index (χ1n) is 8.35. The largest absolute Gasteiger partial charge is 0.334 e. The van der Waals surface area contributed by atoms with E-state index in [-0.39, 0.29) is 12.1 Å². The molecule has 0 unspecified atom stereocenters. The lowest BCUT2D eigenvalue weighted by Crippen LogP contribution is -2.43. The van der Waals surface area contributed by atoms with Gasteiger partial charge in [-0.1, -0.05) is 0 Å². The van der Waals surface area contributed by atoms with Crippen LogP contribution >= 0.6 is 0 Å². The van der Waals surface area contributed by atoms with Gasteiger partial charge in [0, 0.05) is 56.3 Å². The number of hydrogen-bond donors (Lipinski definition) is 1. The van der Waals surface area contributed by atoms with Crippen LogP contribution in [0.5, 0.6) is 0 Å². The summed E-state index contributed by atoms with van der Waals surface area (Å²) in [6, 6.07) is 4.02. The standard InChI is InChI=1S/C18H27N5O/c1-6-23-12-16(15(4)21-23)11-20-18(24)22(5)14(3)10-17-9-13(2)7-8-19-17/h7-9,12,14H,6,10-11H2,1-5H3,(H,20,24)/t14-/m0/s1. The fourth-order valence-electron chi connectivity index (χ4n) is 2.54. The highest BCUT2D eigenvalue weighted by Crippen LogP contribution is 2.09. The molecule has 0 fully saturated rings. The van der Waals surface area contributed by atoms with Gasteiger partial charge in [-0.05, 0) is 45.4 Å². The summed E-state index contributed by atoms with van der Waals surface area (Å²) in [7, 11) is 1.82. The van der Waals surface area contributed by atoms with Crippen molar-refractivity contribution in [3.8, 4) is 0 Å². The molecule has 1 N–H and O–H groups in total. The van der Waals surface area contributed by atoms with E-state index in [0.29, 0.717) is 6.54 Å². The highest BCUT2D eigenvalue weighted by atomic mass is 16.2. The quantitative estimate of drug-likeness (QED) is 0.886. The van der Waals surface area contributed by atoms with Crippen LogP contribution in [-0.4, -0.2) is 38.8 Å². The molecule has 6 nitrogen and oxygen atoms in total. The number of aryl methyl sites for hydroxylation is 3. The maximum Gasteiger partial charge on any atom is 0.317 e. The van der Waals surface area contributed by atoms with Gasteiger partial charge >= 0.3 is 6.03 Å². The lowest BCUT2D eigenvalue weighted by atomic mass is 10.1. The number of likely N-dealkylation sites (N-methyl/N-ethyl adjacent to an activating group) is 1. The van der Waals surface area contributed by atoms with Crippen LogP contribution in [0.2, 0.25) is 0 Å². The third-order valence-corrected chi connectivity index (χ3v) is 4.26. The Bertz CT molecular complexity index is 694. The number of nitrogens with one attached hydrogen (secondary N) is 1. The molecule has 0 bridgehead atoms. The van der Waals surface area contributed by atoms with Gasteiger partial charge in [0.05, 0.1) is 5.69 Å². The van der Waals surface area contributed by atoms with E-state index in [9.17, 15) is 4.79 Å². The molecule has 0 aliphatic rings. The van der Waals surface area contributed by atoms with Crippen molar-refractivity contribution >= 4 is 6.03 Å². The molecule has 2 rings (SSSR count). The summed E-state index contributed by atoms with van der Waals surface area (Å²) in [6.07, 6.45) is 4.53. The molecule has 0 aliphatic heterocycles. The predicted molar refractivity (Wildman–Crippen MR) is 94.8 cm³/mol. The highest BCUT2D eigenvalue weighted by Gasteiger charge is 2.17. The molecule has 0 saturated carbocycles. The minimum Gasteiger partial charge on any atom is -0.334 e. The molecule has 2 aromatic rings. The van der Waals surface area contributed by atoms with Crippen molar-refractivity contribution in [3.05, 3.63) is 47.0 Å². The van der Waals surface area contributed by atoms with Crippen molar-refractivity contribution in [2.75, 3.05) is 7.05 Å². The molecule has 0 aromatic carbocycles. The van der Waals surface area contributed by atoms with Crippen LogP contribution in [0.1, 0.15) is 36.4 Å². The lowest BCUT2D eigenvalue weighted by molar-refractivity contribution is 0.193. The first kappa shape index (κ1) is 18.0. The molecule has 1 atom stereocenters. The average Bonchev–Trinajstić information content (AvgIpc) is 2.92. The van der Waals surface area contributed by atoms with E-state index >= 15 is 0 Å². The second-order valence-electron chi connectivity index (χ2n) is 6.24. The third kappa shape index (κ3) is 4.57. The monoisotopic (exact) mass is 329 g/mol. The number of aromatic nitrogens is 3. The van der Waals surface area contributed by atoms with Gasteiger partial charge in [0.2, 0.25) is 0 Å². The first-order chi connectivity index (χ1) is 11.4. The first-order valence-corrected chi connectivity index (χ1v) is 8.35. The lowest BCUT2D eigenvalue weighted by Gasteiger charge is -2.25. The Morgan fingerprint density at radius 2 is 2.17 bits per heavy atom. The number of carbonyl (C=O) groups excluding carboxylic acids is 1. The van der Waals surface area contributed by atoms with E-state index < -0.39 is 0 Å². The van der Waals surface area contributed by atoms with Crippen LogP contribution in [0.4, 0.5) is 4.79 Å². The molecular formula is C18H27N5O. The number of carbonyl (C=O) groups is 1. The molecule has 24 heavy (non-hydrogen) atoms. The van der Waals surface area contributed by atoms with Crippen LogP contribution in [0.3, 0.4) is 0 Å². The van der Waals surface area contributed by atoms with Crippen molar-refractivity contribution in [1.82, 2.24) is 25.0 Å². The Balaban J connectivity index is 1.89. The fourth-order valence-corrected chi connectivity index (χ4v) is 2.54. The Labute approximate surface area is 143 Å². The second-order valence-corrected chi connectivity index (χ2v) is 6.24. The van der Waals surface area contributed by atoms with Crippen molar-refractivity contribution in [1.29, 1.82) is 0 Å². The van der Waals surface area contributed by atoms with Crippen molar-refractivity contribution in [2.45, 2.75) is 53.2 Å². The summed E-state index contributed by atoms with van der Waals surface area (Å²) in [5.74, 6) is 0. The van der Waals surface area contributed by atoms with Crippen molar-refractivity contribution < 1.29 is 4.79 Å². The SMILES string of the molecule is CCn1cc(CNC(=O)N(C)[C@@H](C)Cc2cc(C)ccn2)c(C)n1. The molecule has 0 radical (unpaired) electrons. The van der Waals surface area contributed by atoms with Crippen LogP contribution in [0.15, 0.2) is 24.5 Å². The van der Waals surface area contributed by atoms with Gasteiger partial charge in [-0.15, -0.1) is 0 Å². The Morgan fingerprint density at radius 1 is 1.42 bits per heavy atom. The summed E-state index contributed by atoms with van der Waals surface area (Å²) >= 11 is 0. The van der Waals surface area contributed by atoms with Crippen LogP contribution in [0, 0.1) is 13.8 Å². The number of amides is 2. The molecular weight excluding hydrogens is 302 g/mol. The van der Waals surface area contributed by atoms with E-state index in [0.717, 1.165) is 29.9 Å². The van der Waals surface area contributed by atoms with Gasteiger partial charge in [0.15, 0.2) is 0 Å². The van der Waals surface area contributed by atoms with Gasteiger partial charge in [0.1, 0.15) is 0 Å². The Kier molecular flexibility index (Phi) is 5.95. The summed E-state index contributed by atoms with van der Waals surface area (Å²) in [6.45, 7) is 9.40. The summed E-state index contributed by atoms with van der Waals surface area (Å²) in [5, 5.41) is 7.36. The molecule has 2 amide bonds. The van der Waals surface area contributed by atoms with Gasteiger partial charge in [-0.2, -0.15) is 5.10 Å². The third-order valence-electron chi connectivity index (χ3n) is 4.26. The van der Waals surface area contributed by atoms with E-state index in [1.807, 2.05) is 57.9 Å². The number of pyridine rings is 1. The second kappa shape index (κ2) is 7.95. The summed E-state index contributed by atoms with van der Waals surface area (Å²) in [5.41, 5.74) is 4.19. The van der Waals surface area contributed by atoms with Crippen LogP contribution in [0.25, 0.3) is 0 Å². The number of nitrogens with zero attached hydrogens (tertiary/aromatic N) is 4. The summed E-state index contributed by atoms with van der Waals surface area (Å²) in [4.78, 5) is 18.5. The average molecular weight is 329 g/mol. The highest BCUT2D eigenvalue weighted by molar-refractivity contribution is 5.74. The zero-order valence-corrected chi connectivity index (χ0v) is 15.2. The zero-order chi connectivity index (χ0) is 17.7. The maximum absolute atomic E-state index is 12.4. The molecule has 0 aliphatic carbocycles. The minimum atomic E-state index is -0.0844. The molecule has 0 spiro atoms. The van der Waals surface area contributed by atoms with E-state index in [4.69, 9.17) is 0 Å². The van der Waals surface area contributed by atoms with Gasteiger partial charge in [0.25, 0.3) is 0 Å². The minimum absolute atomic E-state index is 0.0683. The summed E-state index contributed by atoms with van der Waals surface area (Å²) < 4.78 is 1.88. The molecule has 130 valence electrons. The normalized spacial score (nSPS) is 12.0. The van der Waals surface area contributed by atoms with Gasteiger partial charge in [-0.25, -0.2) is 4.79 Å². The van der Waals surface area contributed by atoms with Gasteiger partial charge < -0.3 is 10.2 Å². The number of hydrogen-bond acceptors (Lipinski definition) is 3. The topological polar surface area (TPSA) is 63.1 Å². The molecule has 2 aromatic heterocycles. The van der Waals surface area contributed by atoms with Crippen molar-refractivity contribution in [2.24, 2.45) is 0 Å². The van der Waals surface area contributed by atoms with Gasteiger partial charge in [-0.3, -0.25) is 9.67 Å². The molecule has 2 heterocycles. The van der Waals surface area contributed by atoms with E-state index in [2.05, 4.69) is 21.5 Å². The number of urea groups is 1. The Morgan fingerprint density at radius 3 is 2.79 bits per heavy atom. The molecule has 6 heteroatoms. The smallest absolute Gasteiger partial charge is 0.317 e. The predicted octanol–water partition coefficient (Wildman–Crippen LogP) is 2.69. The number of rotatable bonds is 6. The Hall–Kier alpha value is -2.37.